The number of nitro groups is 1. The van der Waals surface area contributed by atoms with Crippen LogP contribution in [0.5, 0.6) is 0 Å². The number of esters is 1. The van der Waals surface area contributed by atoms with Crippen LogP contribution in [0.1, 0.15) is 24.1 Å². The van der Waals surface area contributed by atoms with Crippen molar-refractivity contribution in [2.45, 2.75) is 19.6 Å². The molecule has 0 saturated heterocycles. The lowest BCUT2D eigenvalue weighted by atomic mass is 9.95. The molecule has 11 heteroatoms. The van der Waals surface area contributed by atoms with Crippen LogP contribution in [0.25, 0.3) is 11.4 Å². The molecule has 0 fully saturated rings. The molecule has 0 saturated carbocycles. The van der Waals surface area contributed by atoms with E-state index in [1.165, 1.54) is 16.8 Å². The Kier molecular flexibility index (Phi) is 6.17. The standard InChI is InChI=1S/C25H19ClN6O4/c1-15-21(24(33)36-14-16-6-3-2-4-7-16)22(17-9-10-19(26)20(12-17)32(34)35)31-25(28-15)29-23(30-31)18-8-5-11-27-13-18/h2-13,22H,14H2,1H3,(H,28,29,30). The Morgan fingerprint density at radius 1 is 1.19 bits per heavy atom. The first-order valence-electron chi connectivity index (χ1n) is 10.9. The quantitative estimate of drug-likeness (QED) is 0.223. The third-order valence-corrected chi connectivity index (χ3v) is 6.01. The molecule has 0 amide bonds. The minimum atomic E-state index is -0.849. The molecule has 3 heterocycles. The number of hydrogen-bond donors (Lipinski definition) is 1. The van der Waals surface area contributed by atoms with Crippen LogP contribution in [0.3, 0.4) is 0 Å². The molecule has 10 nitrogen and oxygen atoms in total. The molecule has 4 aromatic rings. The van der Waals surface area contributed by atoms with E-state index in [-0.39, 0.29) is 22.9 Å². The van der Waals surface area contributed by atoms with Crippen molar-refractivity contribution in [1.82, 2.24) is 19.7 Å². The number of anilines is 1. The summed E-state index contributed by atoms with van der Waals surface area (Å²) < 4.78 is 7.14. The molecule has 5 rings (SSSR count). The zero-order valence-electron chi connectivity index (χ0n) is 19.0. The number of aromatic nitrogens is 4. The number of allylic oxidation sites excluding steroid dienone is 1. The summed E-state index contributed by atoms with van der Waals surface area (Å²) in [4.78, 5) is 33.1. The highest BCUT2D eigenvalue weighted by atomic mass is 35.5. The van der Waals surface area contributed by atoms with Crippen LogP contribution < -0.4 is 5.32 Å². The van der Waals surface area contributed by atoms with Crippen molar-refractivity contribution < 1.29 is 14.5 Å². The Hall–Kier alpha value is -4.57. The van der Waals surface area contributed by atoms with Crippen molar-refractivity contribution in [3.8, 4) is 11.4 Å². The predicted octanol–water partition coefficient (Wildman–Crippen LogP) is 4.93. The highest BCUT2D eigenvalue weighted by Gasteiger charge is 2.36. The van der Waals surface area contributed by atoms with Gasteiger partial charge < -0.3 is 10.1 Å². The summed E-state index contributed by atoms with van der Waals surface area (Å²) >= 11 is 6.06. The molecule has 1 unspecified atom stereocenters. The van der Waals surface area contributed by atoms with Gasteiger partial charge in [-0.2, -0.15) is 4.98 Å². The predicted molar refractivity (Wildman–Crippen MR) is 132 cm³/mol. The van der Waals surface area contributed by atoms with E-state index in [9.17, 15) is 14.9 Å². The maximum absolute atomic E-state index is 13.4. The van der Waals surface area contributed by atoms with Gasteiger partial charge in [-0.15, -0.1) is 5.10 Å². The number of benzene rings is 2. The van der Waals surface area contributed by atoms with Crippen LogP contribution in [-0.2, 0) is 16.1 Å². The van der Waals surface area contributed by atoms with Crippen LogP contribution >= 0.6 is 11.6 Å². The third kappa shape index (κ3) is 4.41. The zero-order chi connectivity index (χ0) is 25.2. The molecule has 0 spiro atoms. The van der Waals surface area contributed by atoms with E-state index in [0.29, 0.717) is 28.6 Å². The lowest BCUT2D eigenvalue weighted by Gasteiger charge is -2.28. The van der Waals surface area contributed by atoms with E-state index in [0.717, 1.165) is 5.56 Å². The fourth-order valence-electron chi connectivity index (χ4n) is 3.98. The number of pyridine rings is 1. The second-order valence-electron chi connectivity index (χ2n) is 8.04. The number of rotatable bonds is 6. The van der Waals surface area contributed by atoms with Crippen LogP contribution in [0, 0.1) is 10.1 Å². The number of halogens is 1. The van der Waals surface area contributed by atoms with E-state index in [4.69, 9.17) is 16.3 Å². The summed E-state index contributed by atoms with van der Waals surface area (Å²) in [7, 11) is 0. The molecular weight excluding hydrogens is 484 g/mol. The average Bonchev–Trinajstić information content (AvgIpc) is 3.31. The van der Waals surface area contributed by atoms with Gasteiger partial charge in [0.05, 0.1) is 10.5 Å². The number of fused-ring (bicyclic) bond motifs is 1. The second-order valence-corrected chi connectivity index (χ2v) is 8.45. The Morgan fingerprint density at radius 3 is 2.72 bits per heavy atom. The molecule has 1 aliphatic heterocycles. The second kappa shape index (κ2) is 9.59. The van der Waals surface area contributed by atoms with Gasteiger partial charge in [-0.3, -0.25) is 15.1 Å². The summed E-state index contributed by atoms with van der Waals surface area (Å²) in [6.07, 6.45) is 3.26. The molecule has 0 bridgehead atoms. The first-order valence-corrected chi connectivity index (χ1v) is 11.3. The van der Waals surface area contributed by atoms with Gasteiger partial charge in [-0.05, 0) is 36.2 Å². The molecule has 1 atom stereocenters. The van der Waals surface area contributed by atoms with Crippen LogP contribution in [0.4, 0.5) is 11.6 Å². The highest BCUT2D eigenvalue weighted by Crippen LogP contribution is 2.39. The summed E-state index contributed by atoms with van der Waals surface area (Å²) in [6, 6.07) is 16.4. The monoisotopic (exact) mass is 502 g/mol. The Balaban J connectivity index is 1.59. The van der Waals surface area contributed by atoms with Gasteiger partial charge in [0.1, 0.15) is 17.7 Å². The lowest BCUT2D eigenvalue weighted by Crippen LogP contribution is -2.29. The Bertz CT molecular complexity index is 1490. The number of ether oxygens (including phenoxy) is 1. The number of carbonyl (C=O) groups is 1. The molecule has 2 aromatic heterocycles. The first kappa shape index (κ1) is 23.2. The summed E-state index contributed by atoms with van der Waals surface area (Å²) in [6.45, 7) is 1.79. The summed E-state index contributed by atoms with van der Waals surface area (Å²) in [5, 5.41) is 19.3. The highest BCUT2D eigenvalue weighted by molar-refractivity contribution is 6.32. The molecule has 2 aromatic carbocycles. The molecular formula is C25H19ClN6O4. The maximum atomic E-state index is 13.4. The van der Waals surface area contributed by atoms with Gasteiger partial charge >= 0.3 is 5.97 Å². The van der Waals surface area contributed by atoms with Crippen molar-refractivity contribution in [1.29, 1.82) is 0 Å². The van der Waals surface area contributed by atoms with Crippen molar-refractivity contribution in [3.63, 3.8) is 0 Å². The van der Waals surface area contributed by atoms with Crippen molar-refractivity contribution in [2.75, 3.05) is 5.32 Å². The van der Waals surface area contributed by atoms with E-state index >= 15 is 0 Å². The summed E-state index contributed by atoms with van der Waals surface area (Å²) in [5.41, 5.74) is 2.39. The Labute approximate surface area is 210 Å². The summed E-state index contributed by atoms with van der Waals surface area (Å²) in [5.74, 6) is 0.162. The SMILES string of the molecule is CC1=C(C(=O)OCc2ccccc2)C(c2ccc(Cl)c([N+](=O)[O-])c2)n2nc(-c3cccnc3)nc2N1. The van der Waals surface area contributed by atoms with Gasteiger partial charge in [0, 0.05) is 29.7 Å². The smallest absolute Gasteiger partial charge is 0.338 e. The number of carbonyl (C=O) groups excluding carboxylic acids is 1. The van der Waals surface area contributed by atoms with Gasteiger partial charge in [0.2, 0.25) is 5.95 Å². The van der Waals surface area contributed by atoms with Gasteiger partial charge in [0.25, 0.3) is 5.69 Å². The van der Waals surface area contributed by atoms with Gasteiger partial charge in [-0.25, -0.2) is 9.48 Å². The van der Waals surface area contributed by atoms with Crippen LogP contribution in [0.2, 0.25) is 5.02 Å². The van der Waals surface area contributed by atoms with E-state index < -0.39 is 16.9 Å². The fourth-order valence-corrected chi connectivity index (χ4v) is 4.17. The van der Waals surface area contributed by atoms with Crippen LogP contribution in [0.15, 0.2) is 84.3 Å². The molecule has 0 radical (unpaired) electrons. The number of nitro benzene ring substituents is 1. The van der Waals surface area contributed by atoms with Crippen LogP contribution in [-0.4, -0.2) is 30.6 Å². The maximum Gasteiger partial charge on any atom is 0.338 e. The number of hydrogen-bond acceptors (Lipinski definition) is 8. The molecule has 180 valence electrons. The van der Waals surface area contributed by atoms with Crippen molar-refractivity contribution in [3.05, 3.63) is 111 Å². The zero-order valence-corrected chi connectivity index (χ0v) is 19.7. The normalized spacial score (nSPS) is 14.7. The fraction of sp³-hybridized carbons (Fsp3) is 0.120. The van der Waals surface area contributed by atoms with Gasteiger partial charge in [-0.1, -0.05) is 48.0 Å². The Morgan fingerprint density at radius 2 is 2.00 bits per heavy atom. The molecule has 1 aliphatic rings. The minimum absolute atomic E-state index is 0.0125. The van der Waals surface area contributed by atoms with Gasteiger partial charge in [0.15, 0.2) is 5.82 Å². The topological polar surface area (TPSA) is 125 Å². The average molecular weight is 503 g/mol. The van der Waals surface area contributed by atoms with Crippen molar-refractivity contribution >= 4 is 29.2 Å². The minimum Gasteiger partial charge on any atom is -0.457 e. The lowest BCUT2D eigenvalue weighted by molar-refractivity contribution is -0.384. The molecule has 0 aliphatic carbocycles. The number of nitrogens with one attached hydrogen (secondary N) is 1. The third-order valence-electron chi connectivity index (χ3n) is 5.69. The molecule has 1 N–H and O–H groups in total. The largest absolute Gasteiger partial charge is 0.457 e. The number of nitrogens with zero attached hydrogens (tertiary/aromatic N) is 5. The first-order chi connectivity index (χ1) is 17.4. The van der Waals surface area contributed by atoms with Crippen molar-refractivity contribution in [2.24, 2.45) is 0 Å². The van der Waals surface area contributed by atoms with E-state index in [2.05, 4.69) is 20.4 Å². The van der Waals surface area contributed by atoms with E-state index in [1.807, 2.05) is 36.4 Å². The van der Waals surface area contributed by atoms with E-state index in [1.54, 1.807) is 31.5 Å². The molecule has 36 heavy (non-hydrogen) atoms.